The Balaban J connectivity index is 1.71. The van der Waals surface area contributed by atoms with E-state index in [1.165, 1.54) is 0 Å². The van der Waals surface area contributed by atoms with Crippen LogP contribution in [0.1, 0.15) is 27.7 Å². The molecular formula is C12H18B2O4S. The standard InChI is InChI=1S/C12H18B2O4S/c1-11(2)7-15-13(17-11)9-5-6-10(19-9)14-16-8-12(3,4)18-14/h5-6H,7-8H2,1-4H3. The van der Waals surface area contributed by atoms with Crippen LogP contribution in [0.25, 0.3) is 0 Å². The first-order chi connectivity index (χ1) is 8.85. The van der Waals surface area contributed by atoms with E-state index in [2.05, 4.69) is 0 Å². The second-order valence-electron chi connectivity index (χ2n) is 6.28. The van der Waals surface area contributed by atoms with Gasteiger partial charge in [0.2, 0.25) is 0 Å². The summed E-state index contributed by atoms with van der Waals surface area (Å²) in [6, 6.07) is 4.06. The van der Waals surface area contributed by atoms with E-state index in [4.69, 9.17) is 18.6 Å². The summed E-state index contributed by atoms with van der Waals surface area (Å²) in [5, 5.41) is 0. The quantitative estimate of drug-likeness (QED) is 0.750. The Bertz CT molecular complexity index is 434. The molecule has 1 aromatic heterocycles. The van der Waals surface area contributed by atoms with Gasteiger partial charge in [0.1, 0.15) is 0 Å². The van der Waals surface area contributed by atoms with E-state index in [1.54, 1.807) is 11.3 Å². The maximum Gasteiger partial charge on any atom is 0.505 e. The lowest BCUT2D eigenvalue weighted by Crippen LogP contribution is -2.34. The molecule has 0 N–H and O–H groups in total. The minimum absolute atomic E-state index is 0.211. The van der Waals surface area contributed by atoms with E-state index >= 15 is 0 Å². The Morgan fingerprint density at radius 2 is 1.32 bits per heavy atom. The third kappa shape index (κ3) is 2.90. The first-order valence-electron chi connectivity index (χ1n) is 6.53. The van der Waals surface area contributed by atoms with Crippen molar-refractivity contribution in [2.75, 3.05) is 13.2 Å². The third-order valence-corrected chi connectivity index (χ3v) is 4.26. The molecule has 0 aromatic carbocycles. The summed E-state index contributed by atoms with van der Waals surface area (Å²) in [7, 11) is -0.522. The van der Waals surface area contributed by atoms with Crippen LogP contribution in [-0.2, 0) is 18.6 Å². The highest BCUT2D eigenvalue weighted by Crippen LogP contribution is 2.22. The van der Waals surface area contributed by atoms with E-state index in [0.29, 0.717) is 13.2 Å². The first-order valence-corrected chi connectivity index (χ1v) is 7.35. The lowest BCUT2D eigenvalue weighted by atomic mass is 9.86. The molecule has 2 fully saturated rings. The molecule has 2 aliphatic heterocycles. The summed E-state index contributed by atoms with van der Waals surface area (Å²) in [5.74, 6) is 0. The van der Waals surface area contributed by atoms with Gasteiger partial charge in [0.05, 0.1) is 24.4 Å². The van der Waals surface area contributed by atoms with Gasteiger partial charge in [-0.2, -0.15) is 11.3 Å². The molecule has 0 atom stereocenters. The Hall–Kier alpha value is -0.330. The van der Waals surface area contributed by atoms with Crippen molar-refractivity contribution < 1.29 is 18.6 Å². The van der Waals surface area contributed by atoms with E-state index in [1.807, 2.05) is 39.8 Å². The minimum atomic E-state index is -0.261. The topological polar surface area (TPSA) is 36.9 Å². The van der Waals surface area contributed by atoms with Gasteiger partial charge in [-0.1, -0.05) is 12.1 Å². The van der Waals surface area contributed by atoms with Crippen molar-refractivity contribution in [3.05, 3.63) is 12.1 Å². The highest BCUT2D eigenvalue weighted by molar-refractivity contribution is 7.30. The number of hydrogen-bond acceptors (Lipinski definition) is 5. The van der Waals surface area contributed by atoms with Crippen LogP contribution in [0.15, 0.2) is 12.1 Å². The maximum absolute atomic E-state index is 5.86. The SMILES string of the molecule is CC1(C)COB(c2ccc(B3OCC(C)(C)O3)s2)O1. The molecule has 0 unspecified atom stereocenters. The first kappa shape index (κ1) is 13.6. The van der Waals surface area contributed by atoms with E-state index in [-0.39, 0.29) is 25.4 Å². The van der Waals surface area contributed by atoms with Crippen LogP contribution >= 0.6 is 11.3 Å². The smallest absolute Gasteiger partial charge is 0.404 e. The minimum Gasteiger partial charge on any atom is -0.404 e. The van der Waals surface area contributed by atoms with Crippen molar-refractivity contribution in [1.82, 2.24) is 0 Å². The van der Waals surface area contributed by atoms with Crippen molar-refractivity contribution in [3.8, 4) is 0 Å². The van der Waals surface area contributed by atoms with Gasteiger partial charge < -0.3 is 18.6 Å². The number of hydrogen-bond donors (Lipinski definition) is 0. The lowest BCUT2D eigenvalue weighted by molar-refractivity contribution is 0.137. The zero-order valence-electron chi connectivity index (χ0n) is 11.8. The van der Waals surface area contributed by atoms with Crippen molar-refractivity contribution in [2.24, 2.45) is 0 Å². The summed E-state index contributed by atoms with van der Waals surface area (Å²) in [5.41, 5.74) is -0.422. The van der Waals surface area contributed by atoms with Crippen LogP contribution in [-0.4, -0.2) is 38.7 Å². The van der Waals surface area contributed by atoms with Gasteiger partial charge in [-0.15, -0.1) is 0 Å². The largest absolute Gasteiger partial charge is 0.505 e. The van der Waals surface area contributed by atoms with Crippen LogP contribution in [0.5, 0.6) is 0 Å². The van der Waals surface area contributed by atoms with Crippen LogP contribution < -0.4 is 9.55 Å². The van der Waals surface area contributed by atoms with Crippen molar-refractivity contribution in [2.45, 2.75) is 38.9 Å². The molecular weight excluding hydrogens is 262 g/mol. The molecule has 2 saturated heterocycles. The molecule has 0 aliphatic carbocycles. The zero-order chi connectivity index (χ0) is 13.7. The Labute approximate surface area is 118 Å². The van der Waals surface area contributed by atoms with Crippen LogP contribution in [0.3, 0.4) is 0 Å². The van der Waals surface area contributed by atoms with E-state index in [9.17, 15) is 0 Å². The highest BCUT2D eigenvalue weighted by atomic mass is 32.1. The summed E-state index contributed by atoms with van der Waals surface area (Å²) in [6.45, 7) is 9.38. The van der Waals surface area contributed by atoms with Gasteiger partial charge in [0.25, 0.3) is 0 Å². The lowest BCUT2D eigenvalue weighted by Gasteiger charge is -2.15. The Morgan fingerprint density at radius 1 is 0.895 bits per heavy atom. The van der Waals surface area contributed by atoms with Gasteiger partial charge in [0, 0.05) is 9.55 Å². The van der Waals surface area contributed by atoms with Gasteiger partial charge >= 0.3 is 14.2 Å². The molecule has 3 rings (SSSR count). The maximum atomic E-state index is 5.86. The number of thiophene rings is 1. The summed E-state index contributed by atoms with van der Waals surface area (Å²) in [4.78, 5) is 0. The molecule has 0 radical (unpaired) electrons. The van der Waals surface area contributed by atoms with Crippen LogP contribution in [0.4, 0.5) is 0 Å². The average Bonchev–Trinajstić information content (AvgIpc) is 2.96. The molecule has 19 heavy (non-hydrogen) atoms. The third-order valence-electron chi connectivity index (χ3n) is 3.13. The van der Waals surface area contributed by atoms with Crippen LogP contribution in [0, 0.1) is 0 Å². The second kappa shape index (κ2) is 4.60. The predicted molar refractivity (Wildman–Crippen MR) is 77.3 cm³/mol. The molecule has 0 spiro atoms. The molecule has 4 nitrogen and oxygen atoms in total. The van der Waals surface area contributed by atoms with E-state index < -0.39 is 0 Å². The monoisotopic (exact) mass is 280 g/mol. The van der Waals surface area contributed by atoms with Crippen molar-refractivity contribution in [3.63, 3.8) is 0 Å². The molecule has 102 valence electrons. The van der Waals surface area contributed by atoms with Gasteiger partial charge in [-0.05, 0) is 27.7 Å². The summed E-state index contributed by atoms with van der Waals surface area (Å²) >= 11 is 1.63. The zero-order valence-corrected chi connectivity index (χ0v) is 12.6. The average molecular weight is 280 g/mol. The summed E-state index contributed by atoms with van der Waals surface area (Å²) < 4.78 is 25.2. The normalized spacial score (nSPS) is 25.3. The number of rotatable bonds is 2. The van der Waals surface area contributed by atoms with Gasteiger partial charge in [0.15, 0.2) is 0 Å². The Kier molecular flexibility index (Phi) is 3.30. The summed E-state index contributed by atoms with van der Waals surface area (Å²) in [6.07, 6.45) is 0. The molecule has 2 aliphatic rings. The van der Waals surface area contributed by atoms with Gasteiger partial charge in [-0.25, -0.2) is 0 Å². The highest BCUT2D eigenvalue weighted by Gasteiger charge is 2.42. The molecule has 0 amide bonds. The Morgan fingerprint density at radius 3 is 1.63 bits per heavy atom. The molecule has 0 bridgehead atoms. The fraction of sp³-hybridized carbons (Fsp3) is 0.667. The second-order valence-corrected chi connectivity index (χ2v) is 7.43. The molecule has 0 saturated carbocycles. The molecule has 1 aromatic rings. The predicted octanol–water partition coefficient (Wildman–Crippen LogP) is 0.789. The van der Waals surface area contributed by atoms with Crippen molar-refractivity contribution >= 4 is 35.1 Å². The molecule has 3 heterocycles. The van der Waals surface area contributed by atoms with Crippen LogP contribution in [0.2, 0.25) is 0 Å². The molecule has 7 heteroatoms. The van der Waals surface area contributed by atoms with Crippen molar-refractivity contribution in [1.29, 1.82) is 0 Å². The fourth-order valence-electron chi connectivity index (χ4n) is 2.17. The fourth-order valence-corrected chi connectivity index (χ4v) is 3.14. The van der Waals surface area contributed by atoms with Gasteiger partial charge in [-0.3, -0.25) is 0 Å². The van der Waals surface area contributed by atoms with E-state index in [0.717, 1.165) is 9.55 Å².